The number of likely N-dealkylation sites (tertiary alicyclic amines) is 1. The molecule has 35 heavy (non-hydrogen) atoms. The van der Waals surface area contributed by atoms with Gasteiger partial charge in [-0.2, -0.15) is 0 Å². The molecule has 1 aliphatic carbocycles. The molecule has 1 aromatic heterocycles. The van der Waals surface area contributed by atoms with Crippen molar-refractivity contribution in [2.75, 3.05) is 18.4 Å². The number of amides is 3. The van der Waals surface area contributed by atoms with Gasteiger partial charge in [0.25, 0.3) is 0 Å². The number of piperidine rings is 1. The van der Waals surface area contributed by atoms with Gasteiger partial charge >= 0.3 is 5.97 Å². The molecular formula is C26H36N4O5. The number of hydrogen-bond donors (Lipinski definition) is 2. The number of carbonyl (C=O) groups excluding carboxylic acids is 4. The molecule has 4 rings (SSSR count). The van der Waals surface area contributed by atoms with Crippen LogP contribution >= 0.6 is 0 Å². The van der Waals surface area contributed by atoms with Gasteiger partial charge in [-0.05, 0) is 70.9 Å². The van der Waals surface area contributed by atoms with Crippen LogP contribution in [0, 0.1) is 11.8 Å². The van der Waals surface area contributed by atoms with E-state index in [-0.39, 0.29) is 47.5 Å². The molecule has 0 aromatic carbocycles. The quantitative estimate of drug-likeness (QED) is 0.487. The molecule has 1 unspecified atom stereocenters. The third-order valence-electron chi connectivity index (χ3n) is 7.10. The summed E-state index contributed by atoms with van der Waals surface area (Å²) in [4.78, 5) is 55.1. The minimum absolute atomic E-state index is 0.00621. The predicted molar refractivity (Wildman–Crippen MR) is 129 cm³/mol. The highest BCUT2D eigenvalue weighted by Gasteiger charge is 2.37. The van der Waals surface area contributed by atoms with Crippen molar-refractivity contribution in [2.24, 2.45) is 11.8 Å². The molecule has 3 heterocycles. The first-order chi connectivity index (χ1) is 16.6. The van der Waals surface area contributed by atoms with Gasteiger partial charge in [0.05, 0.1) is 11.8 Å². The Morgan fingerprint density at radius 1 is 1.06 bits per heavy atom. The number of anilines is 1. The number of esters is 1. The Hall–Kier alpha value is -2.97. The van der Waals surface area contributed by atoms with E-state index in [0.717, 1.165) is 37.1 Å². The first-order valence-corrected chi connectivity index (χ1v) is 12.7. The zero-order chi connectivity index (χ0) is 25.2. The average molecular weight is 485 g/mol. The van der Waals surface area contributed by atoms with Crippen LogP contribution in [0.1, 0.15) is 77.2 Å². The number of rotatable bonds is 5. The van der Waals surface area contributed by atoms with Crippen LogP contribution in [-0.2, 0) is 23.9 Å². The van der Waals surface area contributed by atoms with E-state index in [1.807, 2.05) is 37.8 Å². The van der Waals surface area contributed by atoms with Gasteiger partial charge in [-0.15, -0.1) is 0 Å². The molecule has 3 amide bonds. The maximum absolute atomic E-state index is 13.0. The Morgan fingerprint density at radius 2 is 1.80 bits per heavy atom. The number of nitrogens with one attached hydrogen (secondary N) is 2. The summed E-state index contributed by atoms with van der Waals surface area (Å²) in [6.07, 6.45) is 6.57. The number of aromatic nitrogens is 1. The highest BCUT2D eigenvalue weighted by molar-refractivity contribution is 6.00. The molecule has 3 aliphatic rings. The summed E-state index contributed by atoms with van der Waals surface area (Å²) >= 11 is 0. The van der Waals surface area contributed by atoms with E-state index in [1.54, 1.807) is 6.20 Å². The molecule has 2 saturated heterocycles. The minimum Gasteiger partial charge on any atom is -0.460 e. The molecule has 0 spiro atoms. The summed E-state index contributed by atoms with van der Waals surface area (Å²) in [5.41, 5.74) is 0.296. The second-order valence-electron chi connectivity index (χ2n) is 11.0. The third-order valence-corrected chi connectivity index (χ3v) is 7.10. The second-order valence-corrected chi connectivity index (χ2v) is 11.0. The molecule has 2 N–H and O–H groups in total. The van der Waals surface area contributed by atoms with E-state index in [2.05, 4.69) is 15.6 Å². The molecule has 2 aliphatic heterocycles. The van der Waals surface area contributed by atoms with Crippen molar-refractivity contribution in [3.05, 3.63) is 23.9 Å². The molecule has 9 nitrogen and oxygen atoms in total. The fourth-order valence-electron chi connectivity index (χ4n) is 5.20. The first kappa shape index (κ1) is 25.1. The van der Waals surface area contributed by atoms with Gasteiger partial charge < -0.3 is 15.0 Å². The van der Waals surface area contributed by atoms with Crippen molar-refractivity contribution < 1.29 is 23.9 Å². The van der Waals surface area contributed by atoms with Crippen molar-refractivity contribution in [3.63, 3.8) is 0 Å². The fourth-order valence-corrected chi connectivity index (χ4v) is 5.20. The van der Waals surface area contributed by atoms with Crippen molar-refractivity contribution in [1.29, 1.82) is 0 Å². The molecule has 1 aromatic rings. The zero-order valence-corrected chi connectivity index (χ0v) is 20.8. The summed E-state index contributed by atoms with van der Waals surface area (Å²) in [6, 6.07) is 4.00. The number of imide groups is 1. The summed E-state index contributed by atoms with van der Waals surface area (Å²) in [5, 5.41) is 5.83. The normalized spacial score (nSPS) is 27.3. The summed E-state index contributed by atoms with van der Waals surface area (Å²) in [7, 11) is 0. The Morgan fingerprint density at radius 3 is 2.43 bits per heavy atom. The molecule has 3 fully saturated rings. The number of nitrogens with zero attached hydrogens (tertiary/aromatic N) is 2. The zero-order valence-electron chi connectivity index (χ0n) is 20.8. The van der Waals surface area contributed by atoms with E-state index in [4.69, 9.17) is 4.74 Å². The van der Waals surface area contributed by atoms with Crippen molar-refractivity contribution in [1.82, 2.24) is 15.2 Å². The lowest BCUT2D eigenvalue weighted by molar-refractivity contribution is -0.159. The fraction of sp³-hybridized carbons (Fsp3) is 0.654. The molecule has 9 heteroatoms. The van der Waals surface area contributed by atoms with E-state index < -0.39 is 5.60 Å². The van der Waals surface area contributed by atoms with Gasteiger partial charge in [0.1, 0.15) is 11.4 Å². The van der Waals surface area contributed by atoms with E-state index in [1.165, 1.54) is 0 Å². The van der Waals surface area contributed by atoms with Crippen LogP contribution in [0.2, 0.25) is 0 Å². The lowest BCUT2D eigenvalue weighted by Crippen LogP contribution is -2.39. The highest BCUT2D eigenvalue weighted by atomic mass is 16.6. The number of ether oxygens (including phenoxy) is 1. The van der Waals surface area contributed by atoms with Crippen LogP contribution in [0.5, 0.6) is 0 Å². The van der Waals surface area contributed by atoms with Crippen molar-refractivity contribution in [3.8, 4) is 0 Å². The minimum atomic E-state index is -0.514. The molecule has 0 bridgehead atoms. The van der Waals surface area contributed by atoms with Crippen LogP contribution in [0.25, 0.3) is 0 Å². The average Bonchev–Trinajstić information content (AvgIpc) is 3.29. The molecule has 1 saturated carbocycles. The van der Waals surface area contributed by atoms with Gasteiger partial charge in [0.2, 0.25) is 17.7 Å². The van der Waals surface area contributed by atoms with E-state index >= 15 is 0 Å². The Balaban J connectivity index is 1.23. The van der Waals surface area contributed by atoms with Gasteiger partial charge in [-0.3, -0.25) is 24.5 Å². The number of hydrogen-bond acceptors (Lipinski definition) is 7. The number of carbonyl (C=O) groups is 4. The first-order valence-electron chi connectivity index (χ1n) is 12.7. The van der Waals surface area contributed by atoms with Crippen molar-refractivity contribution in [2.45, 2.75) is 83.3 Å². The second kappa shape index (κ2) is 10.3. The van der Waals surface area contributed by atoms with Crippen LogP contribution in [0.3, 0.4) is 0 Å². The van der Waals surface area contributed by atoms with Crippen LogP contribution in [0.15, 0.2) is 18.3 Å². The summed E-state index contributed by atoms with van der Waals surface area (Å²) in [5.74, 6) is -0.370. The highest BCUT2D eigenvalue weighted by Crippen LogP contribution is 2.31. The van der Waals surface area contributed by atoms with Gasteiger partial charge in [-0.1, -0.05) is 6.07 Å². The summed E-state index contributed by atoms with van der Waals surface area (Å²) < 4.78 is 5.49. The van der Waals surface area contributed by atoms with Gasteiger partial charge in [0, 0.05) is 37.7 Å². The molecule has 2 atom stereocenters. The lowest BCUT2D eigenvalue weighted by atomic mass is 9.85. The van der Waals surface area contributed by atoms with Gasteiger partial charge in [0.15, 0.2) is 0 Å². The maximum atomic E-state index is 13.0. The van der Waals surface area contributed by atoms with Crippen LogP contribution < -0.4 is 10.6 Å². The van der Waals surface area contributed by atoms with Crippen molar-refractivity contribution >= 4 is 29.5 Å². The Bertz CT molecular complexity index is 963. The molecule has 0 radical (unpaired) electrons. The lowest BCUT2D eigenvalue weighted by Gasteiger charge is -2.31. The van der Waals surface area contributed by atoms with Gasteiger partial charge in [-0.25, -0.2) is 4.98 Å². The maximum Gasteiger partial charge on any atom is 0.311 e. The standard InChI is InChI=1S/C26H36N4O5/c1-26(2,3)35-25(34)18-12-13-30(15-18)24(33)16-4-7-19(8-5-16)28-21-10-6-17(14-27-21)20-9-11-22(31)29-23(20)32/h6,10,14,16,18-20H,4-5,7-9,11-13,15H2,1-3H3,(H,27,28)(H,29,31,32)/t16?,18-,19?,20?/m1/s1. The van der Waals surface area contributed by atoms with E-state index in [0.29, 0.717) is 32.4 Å². The monoisotopic (exact) mass is 484 g/mol. The predicted octanol–water partition coefficient (Wildman–Crippen LogP) is 2.76. The Kier molecular flexibility index (Phi) is 7.42. The van der Waals surface area contributed by atoms with Crippen LogP contribution in [-0.4, -0.2) is 58.3 Å². The summed E-state index contributed by atoms with van der Waals surface area (Å²) in [6.45, 7) is 6.65. The molecular weight excluding hydrogens is 448 g/mol. The number of pyridine rings is 1. The molecule has 190 valence electrons. The van der Waals surface area contributed by atoms with E-state index in [9.17, 15) is 19.2 Å². The topological polar surface area (TPSA) is 118 Å². The SMILES string of the molecule is CC(C)(C)OC(=O)[C@@H]1CCN(C(=O)C2CCC(Nc3ccc(C4CCC(=O)NC4=O)cn3)CC2)C1. The van der Waals surface area contributed by atoms with Crippen LogP contribution in [0.4, 0.5) is 5.82 Å². The third kappa shape index (κ3) is 6.38. The largest absolute Gasteiger partial charge is 0.460 e. The smallest absolute Gasteiger partial charge is 0.311 e. The Labute approximate surface area is 206 Å².